The quantitative estimate of drug-likeness (QED) is 0.868. The van der Waals surface area contributed by atoms with E-state index in [9.17, 15) is 4.79 Å². The fourth-order valence-corrected chi connectivity index (χ4v) is 3.19. The molecule has 0 radical (unpaired) electrons. The summed E-state index contributed by atoms with van der Waals surface area (Å²) in [5.41, 5.74) is 4.31. The predicted octanol–water partition coefficient (Wildman–Crippen LogP) is 2.61. The van der Waals surface area contributed by atoms with Crippen molar-refractivity contribution in [3.8, 4) is 0 Å². The van der Waals surface area contributed by atoms with Gasteiger partial charge in [0, 0.05) is 30.2 Å². The molecular formula is C15H21N3OS. The highest BCUT2D eigenvalue weighted by molar-refractivity contribution is 7.10. The Morgan fingerprint density at radius 2 is 2.10 bits per heavy atom. The number of nitrogens with zero attached hydrogens (tertiary/aromatic N) is 3. The zero-order valence-electron chi connectivity index (χ0n) is 12.7. The van der Waals surface area contributed by atoms with Crippen LogP contribution in [0.15, 0.2) is 11.4 Å². The van der Waals surface area contributed by atoms with Crippen LogP contribution in [-0.2, 0) is 24.8 Å². The van der Waals surface area contributed by atoms with Crippen LogP contribution in [0.4, 0.5) is 0 Å². The smallest absolute Gasteiger partial charge is 0.227 e. The van der Waals surface area contributed by atoms with Crippen LogP contribution in [0.2, 0.25) is 0 Å². The van der Waals surface area contributed by atoms with Crippen molar-refractivity contribution in [3.63, 3.8) is 0 Å². The summed E-state index contributed by atoms with van der Waals surface area (Å²) >= 11 is 1.70. The van der Waals surface area contributed by atoms with Crippen LogP contribution < -0.4 is 0 Å². The number of hydrogen-bond acceptors (Lipinski definition) is 3. The van der Waals surface area contributed by atoms with Crippen LogP contribution in [0, 0.1) is 20.8 Å². The summed E-state index contributed by atoms with van der Waals surface area (Å²) in [7, 11) is 3.78. The molecule has 4 nitrogen and oxygen atoms in total. The van der Waals surface area contributed by atoms with Gasteiger partial charge in [0.15, 0.2) is 0 Å². The van der Waals surface area contributed by atoms with E-state index in [1.807, 2.05) is 32.6 Å². The Morgan fingerprint density at radius 1 is 1.40 bits per heavy atom. The number of carbonyl (C=O) groups excluding carboxylic acids is 1. The SMILES string of the molecule is Cc1ccsc1CN(C)C(=O)Cc1c(C)nn(C)c1C. The largest absolute Gasteiger partial charge is 0.340 e. The molecule has 0 bridgehead atoms. The lowest BCUT2D eigenvalue weighted by Gasteiger charge is -2.17. The molecule has 0 spiro atoms. The van der Waals surface area contributed by atoms with Crippen LogP contribution in [0.25, 0.3) is 0 Å². The zero-order chi connectivity index (χ0) is 14.9. The summed E-state index contributed by atoms with van der Waals surface area (Å²) in [6, 6.07) is 2.09. The Hall–Kier alpha value is -1.62. The molecule has 108 valence electrons. The molecule has 1 amide bonds. The molecule has 0 aliphatic heterocycles. The topological polar surface area (TPSA) is 38.1 Å². The molecular weight excluding hydrogens is 270 g/mol. The van der Waals surface area contributed by atoms with Crippen LogP contribution >= 0.6 is 11.3 Å². The molecule has 0 atom stereocenters. The van der Waals surface area contributed by atoms with Crippen LogP contribution in [0.1, 0.15) is 27.4 Å². The molecule has 20 heavy (non-hydrogen) atoms. The van der Waals surface area contributed by atoms with Crippen LogP contribution in [0.5, 0.6) is 0 Å². The van der Waals surface area contributed by atoms with Gasteiger partial charge in [-0.05, 0) is 37.8 Å². The summed E-state index contributed by atoms with van der Waals surface area (Å²) < 4.78 is 1.83. The van der Waals surface area contributed by atoms with Gasteiger partial charge >= 0.3 is 0 Å². The first-order chi connectivity index (χ1) is 9.40. The van der Waals surface area contributed by atoms with Crippen molar-refractivity contribution in [1.29, 1.82) is 0 Å². The number of rotatable bonds is 4. The number of aromatic nitrogens is 2. The Morgan fingerprint density at radius 3 is 2.60 bits per heavy atom. The molecule has 0 saturated carbocycles. The van der Waals surface area contributed by atoms with Crippen molar-refractivity contribution in [2.24, 2.45) is 7.05 Å². The maximum absolute atomic E-state index is 12.4. The minimum absolute atomic E-state index is 0.136. The minimum Gasteiger partial charge on any atom is -0.340 e. The molecule has 0 aliphatic rings. The van der Waals surface area contributed by atoms with Gasteiger partial charge < -0.3 is 4.90 Å². The molecule has 2 aromatic heterocycles. The van der Waals surface area contributed by atoms with Crippen molar-refractivity contribution in [2.75, 3.05) is 7.05 Å². The van der Waals surface area contributed by atoms with Gasteiger partial charge in [-0.1, -0.05) is 0 Å². The first kappa shape index (κ1) is 14.8. The monoisotopic (exact) mass is 291 g/mol. The number of aryl methyl sites for hydroxylation is 3. The highest BCUT2D eigenvalue weighted by atomic mass is 32.1. The van der Waals surface area contributed by atoms with Gasteiger partial charge in [-0.3, -0.25) is 9.48 Å². The van der Waals surface area contributed by atoms with Crippen LogP contribution in [0.3, 0.4) is 0 Å². The van der Waals surface area contributed by atoms with Crippen molar-refractivity contribution in [1.82, 2.24) is 14.7 Å². The Kier molecular flexibility index (Phi) is 4.28. The third-order valence-electron chi connectivity index (χ3n) is 3.76. The van der Waals surface area contributed by atoms with Gasteiger partial charge in [0.2, 0.25) is 5.91 Å². The van der Waals surface area contributed by atoms with Gasteiger partial charge in [-0.2, -0.15) is 5.10 Å². The third-order valence-corrected chi connectivity index (χ3v) is 4.77. The van der Waals surface area contributed by atoms with E-state index in [4.69, 9.17) is 0 Å². The van der Waals surface area contributed by atoms with E-state index >= 15 is 0 Å². The van der Waals surface area contributed by atoms with Crippen molar-refractivity contribution in [3.05, 3.63) is 38.8 Å². The van der Waals surface area contributed by atoms with Crippen molar-refractivity contribution >= 4 is 17.2 Å². The number of amides is 1. The normalized spacial score (nSPS) is 10.8. The van der Waals surface area contributed by atoms with E-state index in [0.717, 1.165) is 17.0 Å². The minimum atomic E-state index is 0.136. The lowest BCUT2D eigenvalue weighted by Crippen LogP contribution is -2.28. The standard InChI is InChI=1S/C15H21N3OS/c1-10-6-7-20-14(10)9-17(4)15(19)8-13-11(2)16-18(5)12(13)3/h6-7H,8-9H2,1-5H3. The number of likely N-dealkylation sites (N-methyl/N-ethyl adjacent to an activating group) is 1. The van der Waals surface area contributed by atoms with Gasteiger partial charge in [-0.15, -0.1) is 11.3 Å². The van der Waals surface area contributed by atoms with Gasteiger partial charge in [0.1, 0.15) is 0 Å². The maximum atomic E-state index is 12.4. The fraction of sp³-hybridized carbons (Fsp3) is 0.467. The lowest BCUT2D eigenvalue weighted by atomic mass is 10.1. The second kappa shape index (κ2) is 5.79. The molecule has 2 heterocycles. The Balaban J connectivity index is 2.06. The first-order valence-corrected chi connectivity index (χ1v) is 7.54. The second-order valence-corrected chi connectivity index (χ2v) is 6.23. The Bertz CT molecular complexity index is 627. The van der Waals surface area contributed by atoms with E-state index < -0.39 is 0 Å². The van der Waals surface area contributed by atoms with Crippen molar-refractivity contribution < 1.29 is 4.79 Å². The molecule has 0 aliphatic carbocycles. The molecule has 0 saturated heterocycles. The average molecular weight is 291 g/mol. The van der Waals surface area contributed by atoms with Crippen molar-refractivity contribution in [2.45, 2.75) is 33.7 Å². The predicted molar refractivity (Wildman–Crippen MR) is 81.9 cm³/mol. The van der Waals surface area contributed by atoms with E-state index in [0.29, 0.717) is 13.0 Å². The molecule has 0 N–H and O–H groups in total. The van der Waals surface area contributed by atoms with Gasteiger partial charge in [-0.25, -0.2) is 0 Å². The molecule has 2 rings (SSSR count). The van der Waals surface area contributed by atoms with E-state index in [1.54, 1.807) is 16.2 Å². The summed E-state index contributed by atoms with van der Waals surface area (Å²) in [4.78, 5) is 15.4. The Labute approximate surface area is 124 Å². The average Bonchev–Trinajstić information content (AvgIpc) is 2.89. The lowest BCUT2D eigenvalue weighted by molar-refractivity contribution is -0.129. The van der Waals surface area contributed by atoms with Gasteiger partial charge in [0.25, 0.3) is 0 Å². The summed E-state index contributed by atoms with van der Waals surface area (Å²) in [5.74, 6) is 0.136. The first-order valence-electron chi connectivity index (χ1n) is 6.66. The van der Waals surface area contributed by atoms with E-state index in [2.05, 4.69) is 23.5 Å². The summed E-state index contributed by atoms with van der Waals surface area (Å²) in [6.45, 7) is 6.73. The highest BCUT2D eigenvalue weighted by Crippen LogP contribution is 2.18. The number of thiophene rings is 1. The second-order valence-electron chi connectivity index (χ2n) is 5.23. The fourth-order valence-electron chi connectivity index (χ4n) is 2.23. The third kappa shape index (κ3) is 2.93. The molecule has 0 aromatic carbocycles. The van der Waals surface area contributed by atoms with E-state index in [1.165, 1.54) is 10.4 Å². The molecule has 0 unspecified atom stereocenters. The molecule has 2 aromatic rings. The summed E-state index contributed by atoms with van der Waals surface area (Å²) in [6.07, 6.45) is 0.423. The van der Waals surface area contributed by atoms with Gasteiger partial charge in [0.05, 0.1) is 18.7 Å². The maximum Gasteiger partial charge on any atom is 0.227 e. The number of carbonyl (C=O) groups is 1. The number of hydrogen-bond donors (Lipinski definition) is 0. The summed E-state index contributed by atoms with van der Waals surface area (Å²) in [5, 5.41) is 6.43. The van der Waals surface area contributed by atoms with Crippen LogP contribution in [-0.4, -0.2) is 27.6 Å². The molecule has 0 fully saturated rings. The van der Waals surface area contributed by atoms with E-state index in [-0.39, 0.29) is 5.91 Å². The highest BCUT2D eigenvalue weighted by Gasteiger charge is 2.17. The molecule has 5 heteroatoms. The zero-order valence-corrected chi connectivity index (χ0v) is 13.5.